The number of hydrogen-bond donors (Lipinski definition) is 1. The zero-order chi connectivity index (χ0) is 4.12. The lowest BCUT2D eigenvalue weighted by Gasteiger charge is -1.21. The van der Waals surface area contributed by atoms with Crippen molar-refractivity contribution in [3.63, 3.8) is 0 Å². The molecule has 5 heavy (non-hydrogen) atoms. The van der Waals surface area contributed by atoms with Gasteiger partial charge in [-0.15, -0.1) is 0 Å². The third-order valence-corrected chi connectivity index (χ3v) is 0.114. The summed E-state index contributed by atoms with van der Waals surface area (Å²) >= 11 is 0. The first-order chi connectivity index (χ1) is 2.41. The molecule has 0 aliphatic heterocycles. The lowest BCUT2D eigenvalue weighted by Crippen LogP contribution is -1.33. The van der Waals surface area contributed by atoms with Gasteiger partial charge in [-0.1, -0.05) is 0 Å². The predicted molar refractivity (Wildman–Crippen MR) is 16.9 cm³/mol. The van der Waals surface area contributed by atoms with Crippen molar-refractivity contribution in [1.82, 2.24) is 0 Å². The lowest BCUT2D eigenvalue weighted by molar-refractivity contribution is 0.569. The predicted octanol–water partition coefficient (Wildman–Crippen LogP) is -0.222. The Labute approximate surface area is 28.9 Å². The highest BCUT2D eigenvalue weighted by Crippen LogP contribution is 1.16. The first-order valence-corrected chi connectivity index (χ1v) is 0.954. The summed E-state index contributed by atoms with van der Waals surface area (Å²) in [6, 6.07) is 0. The van der Waals surface area contributed by atoms with Crippen molar-refractivity contribution in [3.05, 3.63) is 5.73 Å². The standard InChI is InChI=1S/C3HNO/c4-2-1-3-5/h4H. The van der Waals surface area contributed by atoms with Gasteiger partial charge in [-0.2, -0.15) is 0 Å². The van der Waals surface area contributed by atoms with Gasteiger partial charge in [-0.3, -0.25) is 5.41 Å². The number of carbonyl (C=O) groups excluding carboxylic acids is 1. The van der Waals surface area contributed by atoms with E-state index in [9.17, 15) is 0 Å². The molecule has 2 nitrogen and oxygen atoms in total. The SMILES string of the molecule is N=C=C=C=O. The van der Waals surface area contributed by atoms with E-state index in [1.165, 1.54) is 5.94 Å². The zero-order valence-electron chi connectivity index (χ0n) is 2.41. The monoisotopic (exact) mass is 67.0 g/mol. The van der Waals surface area contributed by atoms with E-state index in [0.29, 0.717) is 0 Å². The minimum Gasteiger partial charge on any atom is -0.251 e. The molecule has 1 N–H and O–H groups in total. The fourth-order valence-electron chi connectivity index (χ4n) is 0.0255. The van der Waals surface area contributed by atoms with E-state index in [0.717, 1.165) is 0 Å². The van der Waals surface area contributed by atoms with Crippen LogP contribution in [0.2, 0.25) is 0 Å². The molecule has 0 atom stereocenters. The van der Waals surface area contributed by atoms with E-state index in [1.807, 2.05) is 0 Å². The van der Waals surface area contributed by atoms with Crippen LogP contribution >= 0.6 is 0 Å². The summed E-state index contributed by atoms with van der Waals surface area (Å²) in [5.41, 5.74) is 1.72. The summed E-state index contributed by atoms with van der Waals surface area (Å²) < 4.78 is 0. The second kappa shape index (κ2) is 2.94. The maximum Gasteiger partial charge on any atom is 0.187 e. The largest absolute Gasteiger partial charge is 0.251 e. The van der Waals surface area contributed by atoms with E-state index in [4.69, 9.17) is 10.2 Å². The van der Waals surface area contributed by atoms with Crippen LogP contribution in [0.1, 0.15) is 0 Å². The third-order valence-electron chi connectivity index (χ3n) is 0.114. The third kappa shape index (κ3) is 2.94. The summed E-state index contributed by atoms with van der Waals surface area (Å²) in [5.74, 6) is 2.81. The van der Waals surface area contributed by atoms with E-state index in [1.54, 1.807) is 11.6 Å². The van der Waals surface area contributed by atoms with Crippen LogP contribution in [0.25, 0.3) is 0 Å². The molecule has 0 aliphatic carbocycles. The topological polar surface area (TPSA) is 40.9 Å². The average Bonchev–Trinajstić information content (AvgIpc) is 1.41. The molecule has 0 aliphatic rings. The molecular formula is C3HNO. The molecule has 0 aromatic carbocycles. The van der Waals surface area contributed by atoms with E-state index >= 15 is 0 Å². The Bertz CT molecular complexity index is 98.9. The van der Waals surface area contributed by atoms with Crippen LogP contribution in [0.3, 0.4) is 0 Å². The lowest BCUT2D eigenvalue weighted by atomic mass is 10.9. The molecule has 0 rings (SSSR count). The normalized spacial score (nSPS) is 3.20. The fraction of sp³-hybridized carbons (Fsp3) is 0. The van der Waals surface area contributed by atoms with Crippen LogP contribution in [-0.4, -0.2) is 11.8 Å². The molecule has 0 fully saturated rings. The highest BCUT2D eigenvalue weighted by atomic mass is 16.1. The van der Waals surface area contributed by atoms with Gasteiger partial charge in [0.15, 0.2) is 5.94 Å². The molecule has 0 radical (unpaired) electrons. The Morgan fingerprint density at radius 3 is 2.20 bits per heavy atom. The van der Waals surface area contributed by atoms with Crippen molar-refractivity contribution in [1.29, 1.82) is 5.41 Å². The van der Waals surface area contributed by atoms with E-state index < -0.39 is 0 Å². The molecule has 0 heterocycles. The smallest absolute Gasteiger partial charge is 0.187 e. The van der Waals surface area contributed by atoms with Crippen molar-refractivity contribution in [2.75, 3.05) is 0 Å². The molecule has 0 saturated carbocycles. The van der Waals surface area contributed by atoms with Gasteiger partial charge < -0.3 is 0 Å². The van der Waals surface area contributed by atoms with Crippen LogP contribution in [0.4, 0.5) is 0 Å². The molecule has 0 saturated heterocycles. The van der Waals surface area contributed by atoms with E-state index in [-0.39, 0.29) is 0 Å². The molecule has 0 spiro atoms. The van der Waals surface area contributed by atoms with Crippen molar-refractivity contribution in [2.24, 2.45) is 0 Å². The first-order valence-electron chi connectivity index (χ1n) is 0.954. The minimum atomic E-state index is 1.22. The van der Waals surface area contributed by atoms with Crippen LogP contribution in [0, 0.1) is 5.41 Å². The van der Waals surface area contributed by atoms with Crippen molar-refractivity contribution in [3.8, 4) is 0 Å². The van der Waals surface area contributed by atoms with Gasteiger partial charge >= 0.3 is 0 Å². The highest BCUT2D eigenvalue weighted by molar-refractivity contribution is 5.60. The Balaban J connectivity index is 4.38. The maximum atomic E-state index is 8.99. The molecular weight excluding hydrogens is 66.0 g/mol. The van der Waals surface area contributed by atoms with Gasteiger partial charge in [0.1, 0.15) is 0 Å². The van der Waals surface area contributed by atoms with Crippen LogP contribution in [0.5, 0.6) is 0 Å². The van der Waals surface area contributed by atoms with Crippen LogP contribution < -0.4 is 0 Å². The molecule has 0 unspecified atom stereocenters. The van der Waals surface area contributed by atoms with Crippen molar-refractivity contribution < 1.29 is 4.79 Å². The molecule has 0 bridgehead atoms. The van der Waals surface area contributed by atoms with Gasteiger partial charge in [0.05, 0.1) is 0 Å². The van der Waals surface area contributed by atoms with Gasteiger partial charge in [-0.25, -0.2) is 4.79 Å². The Kier molecular flexibility index (Phi) is 2.32. The van der Waals surface area contributed by atoms with Crippen LogP contribution in [-0.2, 0) is 4.79 Å². The summed E-state index contributed by atoms with van der Waals surface area (Å²) in [5, 5.41) is 5.98. The van der Waals surface area contributed by atoms with Gasteiger partial charge in [0.2, 0.25) is 0 Å². The Morgan fingerprint density at radius 2 is 2.20 bits per heavy atom. The van der Waals surface area contributed by atoms with Crippen molar-refractivity contribution >= 4 is 11.8 Å². The van der Waals surface area contributed by atoms with Crippen LogP contribution in [0.15, 0.2) is 5.73 Å². The highest BCUT2D eigenvalue weighted by Gasteiger charge is 1.27. The number of rotatable bonds is 0. The van der Waals surface area contributed by atoms with Gasteiger partial charge in [0, 0.05) is 11.6 Å². The van der Waals surface area contributed by atoms with Gasteiger partial charge in [0.25, 0.3) is 0 Å². The second-order valence-corrected chi connectivity index (χ2v) is 0.352. The van der Waals surface area contributed by atoms with Gasteiger partial charge in [-0.05, 0) is 0 Å². The molecule has 0 aromatic rings. The van der Waals surface area contributed by atoms with Crippen molar-refractivity contribution in [2.45, 2.75) is 0 Å². The summed E-state index contributed by atoms with van der Waals surface area (Å²) in [7, 11) is 0. The Hall–Kier alpha value is -1.06. The molecule has 0 aromatic heterocycles. The molecule has 24 valence electrons. The Morgan fingerprint density at radius 1 is 1.60 bits per heavy atom. The summed E-state index contributed by atoms with van der Waals surface area (Å²) in [6.45, 7) is 0. The zero-order valence-corrected chi connectivity index (χ0v) is 2.41. The minimum absolute atomic E-state index is 1.22. The molecule has 2 heteroatoms. The second-order valence-electron chi connectivity index (χ2n) is 0.352. The van der Waals surface area contributed by atoms with E-state index in [2.05, 4.69) is 0 Å². The maximum absolute atomic E-state index is 8.99. The average molecular weight is 67.0 g/mol. The first kappa shape index (κ1) is 3.94. The summed E-state index contributed by atoms with van der Waals surface area (Å²) in [6.07, 6.45) is 0. The molecule has 0 amide bonds. The number of nitrogens with one attached hydrogen (secondary N) is 1. The fourth-order valence-corrected chi connectivity index (χ4v) is 0.0255. The quantitative estimate of drug-likeness (QED) is 0.237. The number of hydrogen-bond acceptors (Lipinski definition) is 2. The summed E-state index contributed by atoms with van der Waals surface area (Å²) in [4.78, 5) is 8.99.